The molecule has 0 aliphatic carbocycles. The summed E-state index contributed by atoms with van der Waals surface area (Å²) in [6, 6.07) is 12.2. The van der Waals surface area contributed by atoms with Crippen LogP contribution in [0.4, 0.5) is 17.2 Å². The fraction of sp³-hybridized carbons (Fsp3) is 0.278. The number of nitrogens with one attached hydrogen (secondary N) is 1. The molecule has 1 unspecified atom stereocenters. The topological polar surface area (TPSA) is 82.5 Å². The number of carbonyl (C=O) groups is 2. The van der Waals surface area contributed by atoms with Gasteiger partial charge in [0.25, 0.3) is 0 Å². The van der Waals surface area contributed by atoms with E-state index in [4.69, 9.17) is 5.11 Å². The van der Waals surface area contributed by atoms with Gasteiger partial charge in [-0.05, 0) is 37.1 Å². The number of carboxylic acids is 1. The highest BCUT2D eigenvalue weighted by molar-refractivity contribution is 5.92. The van der Waals surface area contributed by atoms with Crippen molar-refractivity contribution in [3.63, 3.8) is 0 Å². The van der Waals surface area contributed by atoms with E-state index in [0.29, 0.717) is 11.7 Å². The fourth-order valence-electron chi connectivity index (χ4n) is 2.96. The summed E-state index contributed by atoms with van der Waals surface area (Å²) in [4.78, 5) is 28.8. The van der Waals surface area contributed by atoms with E-state index >= 15 is 0 Å². The lowest BCUT2D eigenvalue weighted by molar-refractivity contribution is -0.138. The number of hydrogen-bond acceptors (Lipinski definition) is 4. The Kier molecular flexibility index (Phi) is 4.46. The lowest BCUT2D eigenvalue weighted by atomic mass is 10.1. The monoisotopic (exact) mass is 325 g/mol. The van der Waals surface area contributed by atoms with Crippen LogP contribution in [0.2, 0.25) is 0 Å². The van der Waals surface area contributed by atoms with Gasteiger partial charge in [0, 0.05) is 18.2 Å². The number of anilines is 3. The Morgan fingerprint density at radius 3 is 2.75 bits per heavy atom. The van der Waals surface area contributed by atoms with Crippen molar-refractivity contribution in [1.29, 1.82) is 0 Å². The molecule has 3 rings (SSSR count). The molecule has 2 heterocycles. The Morgan fingerprint density at radius 2 is 2.04 bits per heavy atom. The second-order valence-corrected chi connectivity index (χ2v) is 5.90. The number of hydrogen-bond donors (Lipinski definition) is 2. The van der Waals surface area contributed by atoms with Crippen molar-refractivity contribution in [2.24, 2.45) is 0 Å². The zero-order valence-electron chi connectivity index (χ0n) is 13.4. The molecule has 124 valence electrons. The van der Waals surface area contributed by atoms with Gasteiger partial charge in [0.05, 0.1) is 18.3 Å². The molecule has 0 spiro atoms. The van der Waals surface area contributed by atoms with Crippen LogP contribution < -0.4 is 10.2 Å². The molecule has 1 aromatic heterocycles. The standard InChI is InChI=1S/C18H19N3O3/c1-12-10-13-4-2-3-5-15(13)21(12)16-7-6-14(11-19-16)20-17(22)8-9-18(23)24/h2-7,11-12H,8-10H2,1H3,(H,20,22)(H,23,24). The van der Waals surface area contributed by atoms with Gasteiger partial charge in [-0.3, -0.25) is 9.59 Å². The highest BCUT2D eigenvalue weighted by Gasteiger charge is 2.27. The summed E-state index contributed by atoms with van der Waals surface area (Å²) in [5.74, 6) is -0.483. The van der Waals surface area contributed by atoms with Gasteiger partial charge in [0.15, 0.2) is 0 Å². The minimum atomic E-state index is -0.986. The van der Waals surface area contributed by atoms with E-state index in [-0.39, 0.29) is 18.7 Å². The number of nitrogens with zero attached hydrogens (tertiary/aromatic N) is 2. The first-order chi connectivity index (χ1) is 11.5. The Labute approximate surface area is 140 Å². The lowest BCUT2D eigenvalue weighted by Gasteiger charge is -2.24. The number of benzene rings is 1. The highest BCUT2D eigenvalue weighted by Crippen LogP contribution is 2.37. The van der Waals surface area contributed by atoms with Gasteiger partial charge in [-0.2, -0.15) is 0 Å². The molecule has 1 aromatic carbocycles. The second kappa shape index (κ2) is 6.70. The first-order valence-corrected chi connectivity index (χ1v) is 7.89. The maximum Gasteiger partial charge on any atom is 0.303 e. The lowest BCUT2D eigenvalue weighted by Crippen LogP contribution is -2.24. The normalized spacial score (nSPS) is 15.9. The third-order valence-corrected chi connectivity index (χ3v) is 4.05. The minimum Gasteiger partial charge on any atom is -0.481 e. The Hall–Kier alpha value is -2.89. The number of rotatable bonds is 5. The van der Waals surface area contributed by atoms with E-state index in [2.05, 4.69) is 34.3 Å². The summed E-state index contributed by atoms with van der Waals surface area (Å²) in [7, 11) is 0. The molecule has 0 bridgehead atoms. The van der Waals surface area contributed by atoms with Gasteiger partial charge >= 0.3 is 5.97 Å². The Bertz CT molecular complexity index is 758. The number of amides is 1. The van der Waals surface area contributed by atoms with Crippen molar-refractivity contribution in [3.8, 4) is 0 Å². The maximum absolute atomic E-state index is 11.7. The van der Waals surface area contributed by atoms with Gasteiger partial charge in [-0.25, -0.2) is 4.98 Å². The summed E-state index contributed by atoms with van der Waals surface area (Å²) >= 11 is 0. The zero-order chi connectivity index (χ0) is 17.1. The van der Waals surface area contributed by atoms with E-state index in [0.717, 1.165) is 17.9 Å². The SMILES string of the molecule is CC1Cc2ccccc2N1c1ccc(NC(=O)CCC(=O)O)cn1. The van der Waals surface area contributed by atoms with Crippen LogP contribution in [0.1, 0.15) is 25.3 Å². The van der Waals surface area contributed by atoms with Crippen LogP contribution in [-0.4, -0.2) is 28.0 Å². The van der Waals surface area contributed by atoms with Gasteiger partial charge < -0.3 is 15.3 Å². The van der Waals surface area contributed by atoms with E-state index in [9.17, 15) is 9.59 Å². The number of pyridine rings is 1. The van der Waals surface area contributed by atoms with Crippen LogP contribution in [0.3, 0.4) is 0 Å². The van der Waals surface area contributed by atoms with Crippen LogP contribution in [-0.2, 0) is 16.0 Å². The molecule has 0 saturated carbocycles. The molecule has 1 aliphatic heterocycles. The average Bonchev–Trinajstić information content (AvgIpc) is 2.89. The third-order valence-electron chi connectivity index (χ3n) is 4.05. The van der Waals surface area contributed by atoms with Gasteiger partial charge in [-0.1, -0.05) is 18.2 Å². The molecule has 24 heavy (non-hydrogen) atoms. The minimum absolute atomic E-state index is 0.0480. The number of aromatic nitrogens is 1. The van der Waals surface area contributed by atoms with E-state index in [1.54, 1.807) is 12.3 Å². The van der Waals surface area contributed by atoms with Crippen molar-refractivity contribution in [2.45, 2.75) is 32.2 Å². The number of carboxylic acid groups (broad SMARTS) is 1. The predicted octanol–water partition coefficient (Wildman–Crippen LogP) is 2.97. The molecule has 2 aromatic rings. The fourth-order valence-corrected chi connectivity index (χ4v) is 2.96. The molecule has 6 heteroatoms. The molecule has 1 aliphatic rings. The highest BCUT2D eigenvalue weighted by atomic mass is 16.4. The molecule has 0 fully saturated rings. The predicted molar refractivity (Wildman–Crippen MR) is 91.5 cm³/mol. The van der Waals surface area contributed by atoms with Crippen molar-refractivity contribution in [1.82, 2.24) is 4.98 Å². The van der Waals surface area contributed by atoms with Crippen LogP contribution >= 0.6 is 0 Å². The molecular formula is C18H19N3O3. The molecular weight excluding hydrogens is 306 g/mol. The summed E-state index contributed by atoms with van der Waals surface area (Å²) in [5, 5.41) is 11.3. The molecule has 2 N–H and O–H groups in total. The molecule has 1 amide bonds. The Morgan fingerprint density at radius 1 is 1.25 bits per heavy atom. The smallest absolute Gasteiger partial charge is 0.303 e. The van der Waals surface area contributed by atoms with E-state index in [1.165, 1.54) is 5.56 Å². The van der Waals surface area contributed by atoms with Gasteiger partial charge in [0.2, 0.25) is 5.91 Å². The molecule has 6 nitrogen and oxygen atoms in total. The van der Waals surface area contributed by atoms with Crippen molar-refractivity contribution in [3.05, 3.63) is 48.2 Å². The van der Waals surface area contributed by atoms with Gasteiger partial charge in [0.1, 0.15) is 5.82 Å². The van der Waals surface area contributed by atoms with Crippen molar-refractivity contribution < 1.29 is 14.7 Å². The quantitative estimate of drug-likeness (QED) is 0.883. The average molecular weight is 325 g/mol. The van der Waals surface area contributed by atoms with Crippen LogP contribution in [0.5, 0.6) is 0 Å². The van der Waals surface area contributed by atoms with Crippen molar-refractivity contribution in [2.75, 3.05) is 10.2 Å². The first-order valence-electron chi connectivity index (χ1n) is 7.89. The largest absolute Gasteiger partial charge is 0.481 e. The number of carbonyl (C=O) groups excluding carboxylic acids is 1. The number of aliphatic carboxylic acids is 1. The summed E-state index contributed by atoms with van der Waals surface area (Å²) in [5.41, 5.74) is 3.03. The van der Waals surface area contributed by atoms with Crippen molar-refractivity contribution >= 4 is 29.1 Å². The molecule has 0 saturated heterocycles. The summed E-state index contributed by atoms with van der Waals surface area (Å²) in [6.07, 6.45) is 2.35. The number of fused-ring (bicyclic) bond motifs is 1. The third kappa shape index (κ3) is 3.37. The van der Waals surface area contributed by atoms with Gasteiger partial charge in [-0.15, -0.1) is 0 Å². The number of para-hydroxylation sites is 1. The molecule has 0 radical (unpaired) electrons. The Balaban J connectivity index is 1.71. The zero-order valence-corrected chi connectivity index (χ0v) is 13.4. The second-order valence-electron chi connectivity index (χ2n) is 5.90. The summed E-state index contributed by atoms with van der Waals surface area (Å²) < 4.78 is 0. The molecule has 1 atom stereocenters. The summed E-state index contributed by atoms with van der Waals surface area (Å²) in [6.45, 7) is 2.16. The van der Waals surface area contributed by atoms with E-state index < -0.39 is 5.97 Å². The maximum atomic E-state index is 11.7. The van der Waals surface area contributed by atoms with Crippen LogP contribution in [0.25, 0.3) is 0 Å². The van der Waals surface area contributed by atoms with Crippen LogP contribution in [0.15, 0.2) is 42.6 Å². The van der Waals surface area contributed by atoms with E-state index in [1.807, 2.05) is 18.2 Å². The first kappa shape index (κ1) is 16.0. The van der Waals surface area contributed by atoms with Crippen LogP contribution in [0, 0.1) is 0 Å².